The first kappa shape index (κ1) is 17.3. The number of rotatable bonds is 7. The first-order valence-electron chi connectivity index (χ1n) is 7.61. The summed E-state index contributed by atoms with van der Waals surface area (Å²) in [7, 11) is 0. The van der Waals surface area contributed by atoms with Gasteiger partial charge in [-0.2, -0.15) is 0 Å². The van der Waals surface area contributed by atoms with E-state index in [1.807, 2.05) is 12.1 Å². The molecule has 2 rings (SSSR count). The van der Waals surface area contributed by atoms with Crippen molar-refractivity contribution in [3.8, 4) is 0 Å². The monoisotopic (exact) mass is 325 g/mol. The number of hydrogen-bond donors (Lipinski definition) is 2. The van der Waals surface area contributed by atoms with E-state index in [-0.39, 0.29) is 30.4 Å². The summed E-state index contributed by atoms with van der Waals surface area (Å²) < 4.78 is 0. The van der Waals surface area contributed by atoms with Crippen molar-refractivity contribution in [3.63, 3.8) is 0 Å². The third-order valence-corrected chi connectivity index (χ3v) is 3.33. The highest BCUT2D eigenvalue weighted by molar-refractivity contribution is 6.04. The molecule has 6 nitrogen and oxygen atoms in total. The minimum atomic E-state index is -0.228. The highest BCUT2D eigenvalue weighted by Gasteiger charge is 2.06. The Bertz CT molecular complexity index is 712. The Labute approximate surface area is 140 Å². The van der Waals surface area contributed by atoms with Crippen LogP contribution in [0.1, 0.15) is 35.7 Å². The van der Waals surface area contributed by atoms with Crippen LogP contribution in [0.25, 0.3) is 0 Å². The van der Waals surface area contributed by atoms with E-state index in [9.17, 15) is 14.4 Å². The quantitative estimate of drug-likeness (QED) is 0.818. The number of pyridine rings is 1. The van der Waals surface area contributed by atoms with Crippen LogP contribution in [-0.4, -0.2) is 22.6 Å². The van der Waals surface area contributed by atoms with Crippen LogP contribution in [-0.2, 0) is 16.1 Å². The molecule has 124 valence electrons. The van der Waals surface area contributed by atoms with Gasteiger partial charge in [0.05, 0.1) is 5.56 Å². The van der Waals surface area contributed by atoms with Gasteiger partial charge in [0, 0.05) is 37.5 Å². The molecule has 0 spiro atoms. The molecule has 0 aliphatic heterocycles. The Balaban J connectivity index is 1.83. The number of hydrogen-bond acceptors (Lipinski definition) is 4. The van der Waals surface area contributed by atoms with E-state index >= 15 is 0 Å². The molecular weight excluding hydrogens is 306 g/mol. The van der Waals surface area contributed by atoms with Crippen molar-refractivity contribution in [3.05, 3.63) is 59.9 Å². The van der Waals surface area contributed by atoms with Crippen LogP contribution in [0.4, 0.5) is 5.69 Å². The topological polar surface area (TPSA) is 88.2 Å². The lowest BCUT2D eigenvalue weighted by Crippen LogP contribution is -2.23. The van der Waals surface area contributed by atoms with Gasteiger partial charge in [0.2, 0.25) is 5.91 Å². The SMILES string of the molecule is CC(=O)CCC(=O)NCc1ccc(NC(=O)c2cccnc2)cc1. The molecule has 0 fully saturated rings. The first-order valence-corrected chi connectivity index (χ1v) is 7.61. The lowest BCUT2D eigenvalue weighted by atomic mass is 10.2. The smallest absolute Gasteiger partial charge is 0.257 e. The zero-order chi connectivity index (χ0) is 17.4. The standard InChI is InChI=1S/C18H19N3O3/c1-13(22)4-9-17(23)20-11-14-5-7-16(8-6-14)21-18(24)15-3-2-10-19-12-15/h2-3,5-8,10,12H,4,9,11H2,1H3,(H,20,23)(H,21,24). The second-order valence-electron chi connectivity index (χ2n) is 5.37. The summed E-state index contributed by atoms with van der Waals surface area (Å²) >= 11 is 0. The predicted octanol–water partition coefficient (Wildman–Crippen LogP) is 2.32. The Morgan fingerprint density at radius 3 is 2.42 bits per heavy atom. The molecule has 0 atom stereocenters. The van der Waals surface area contributed by atoms with Crippen molar-refractivity contribution in [2.75, 3.05) is 5.32 Å². The Kier molecular flexibility index (Phi) is 6.19. The summed E-state index contributed by atoms with van der Waals surface area (Å²) in [5.41, 5.74) is 2.06. The van der Waals surface area contributed by atoms with Crippen LogP contribution < -0.4 is 10.6 Å². The molecule has 1 heterocycles. The molecule has 0 saturated heterocycles. The van der Waals surface area contributed by atoms with Gasteiger partial charge in [0.25, 0.3) is 5.91 Å². The highest BCUT2D eigenvalue weighted by atomic mass is 16.2. The molecule has 0 bridgehead atoms. The molecule has 1 aromatic carbocycles. The molecule has 0 aliphatic carbocycles. The third-order valence-electron chi connectivity index (χ3n) is 3.33. The van der Waals surface area contributed by atoms with Gasteiger partial charge in [-0.15, -0.1) is 0 Å². The minimum Gasteiger partial charge on any atom is -0.352 e. The lowest BCUT2D eigenvalue weighted by Gasteiger charge is -2.07. The highest BCUT2D eigenvalue weighted by Crippen LogP contribution is 2.11. The average Bonchev–Trinajstić information content (AvgIpc) is 2.60. The van der Waals surface area contributed by atoms with Crippen molar-refractivity contribution in [2.45, 2.75) is 26.3 Å². The number of aromatic nitrogens is 1. The summed E-state index contributed by atoms with van der Waals surface area (Å²) in [4.78, 5) is 38.3. The number of benzene rings is 1. The average molecular weight is 325 g/mol. The molecule has 24 heavy (non-hydrogen) atoms. The number of amides is 2. The molecule has 2 N–H and O–H groups in total. The van der Waals surface area contributed by atoms with Crippen molar-refractivity contribution in [1.82, 2.24) is 10.3 Å². The molecule has 0 unspecified atom stereocenters. The number of carbonyl (C=O) groups is 3. The van der Waals surface area contributed by atoms with Crippen molar-refractivity contribution >= 4 is 23.3 Å². The minimum absolute atomic E-state index is 0.00106. The zero-order valence-corrected chi connectivity index (χ0v) is 13.4. The Hall–Kier alpha value is -3.02. The summed E-state index contributed by atoms with van der Waals surface area (Å²) in [5, 5.41) is 5.53. The van der Waals surface area contributed by atoms with Crippen LogP contribution >= 0.6 is 0 Å². The Morgan fingerprint density at radius 2 is 1.79 bits per heavy atom. The second-order valence-corrected chi connectivity index (χ2v) is 5.37. The van der Waals surface area contributed by atoms with Gasteiger partial charge in [-0.3, -0.25) is 14.6 Å². The lowest BCUT2D eigenvalue weighted by molar-refractivity contribution is -0.124. The van der Waals surface area contributed by atoms with E-state index in [0.717, 1.165) is 5.56 Å². The fourth-order valence-electron chi connectivity index (χ4n) is 1.98. The van der Waals surface area contributed by atoms with Crippen molar-refractivity contribution < 1.29 is 14.4 Å². The van der Waals surface area contributed by atoms with Gasteiger partial charge in [0.1, 0.15) is 5.78 Å². The predicted molar refractivity (Wildman–Crippen MR) is 90.4 cm³/mol. The van der Waals surface area contributed by atoms with E-state index in [1.54, 1.807) is 30.5 Å². The zero-order valence-electron chi connectivity index (χ0n) is 13.4. The molecule has 2 amide bonds. The molecule has 1 aromatic heterocycles. The van der Waals surface area contributed by atoms with Gasteiger partial charge in [0.15, 0.2) is 0 Å². The summed E-state index contributed by atoms with van der Waals surface area (Å²) in [6.07, 6.45) is 3.57. The van der Waals surface area contributed by atoms with E-state index in [1.165, 1.54) is 13.1 Å². The van der Waals surface area contributed by atoms with E-state index < -0.39 is 0 Å². The number of nitrogens with zero attached hydrogens (tertiary/aromatic N) is 1. The van der Waals surface area contributed by atoms with E-state index in [4.69, 9.17) is 0 Å². The van der Waals surface area contributed by atoms with Crippen molar-refractivity contribution in [1.29, 1.82) is 0 Å². The van der Waals surface area contributed by atoms with Crippen LogP contribution in [0.15, 0.2) is 48.8 Å². The second kappa shape index (κ2) is 8.57. The van der Waals surface area contributed by atoms with Crippen LogP contribution in [0.3, 0.4) is 0 Å². The number of Topliss-reactive ketones (excluding diaryl/α,β-unsaturated/α-hetero) is 1. The maximum absolute atomic E-state index is 12.0. The van der Waals surface area contributed by atoms with Gasteiger partial charge < -0.3 is 15.4 Å². The molecular formula is C18H19N3O3. The number of nitrogens with one attached hydrogen (secondary N) is 2. The van der Waals surface area contributed by atoms with Crippen molar-refractivity contribution in [2.24, 2.45) is 0 Å². The van der Waals surface area contributed by atoms with E-state index in [2.05, 4.69) is 15.6 Å². The van der Waals surface area contributed by atoms with Crippen LogP contribution in [0.2, 0.25) is 0 Å². The number of anilines is 1. The molecule has 0 radical (unpaired) electrons. The van der Waals surface area contributed by atoms with Crippen LogP contribution in [0.5, 0.6) is 0 Å². The molecule has 0 saturated carbocycles. The number of carbonyl (C=O) groups excluding carboxylic acids is 3. The van der Waals surface area contributed by atoms with E-state index in [0.29, 0.717) is 17.8 Å². The first-order chi connectivity index (χ1) is 11.5. The summed E-state index contributed by atoms with van der Waals surface area (Å²) in [6.45, 7) is 1.85. The normalized spacial score (nSPS) is 10.0. The fraction of sp³-hybridized carbons (Fsp3) is 0.222. The molecule has 0 aliphatic rings. The number of ketones is 1. The summed E-state index contributed by atoms with van der Waals surface area (Å²) in [6, 6.07) is 10.6. The largest absolute Gasteiger partial charge is 0.352 e. The van der Waals surface area contributed by atoms with Gasteiger partial charge in [-0.05, 0) is 36.8 Å². The Morgan fingerprint density at radius 1 is 1.04 bits per heavy atom. The van der Waals surface area contributed by atoms with Crippen LogP contribution in [0, 0.1) is 0 Å². The fourth-order valence-corrected chi connectivity index (χ4v) is 1.98. The van der Waals surface area contributed by atoms with Gasteiger partial charge >= 0.3 is 0 Å². The molecule has 6 heteroatoms. The van der Waals surface area contributed by atoms with Gasteiger partial charge in [-0.1, -0.05) is 12.1 Å². The maximum Gasteiger partial charge on any atom is 0.257 e. The maximum atomic E-state index is 12.0. The molecule has 2 aromatic rings. The van der Waals surface area contributed by atoms with Gasteiger partial charge in [-0.25, -0.2) is 0 Å². The third kappa shape index (κ3) is 5.64. The summed E-state index contributed by atoms with van der Waals surface area (Å²) in [5.74, 6) is -0.383.